The Balaban J connectivity index is 2.18. The van der Waals surface area contributed by atoms with Crippen molar-refractivity contribution in [3.63, 3.8) is 0 Å². The first-order valence-corrected chi connectivity index (χ1v) is 9.08. The molecule has 1 amide bonds. The van der Waals surface area contributed by atoms with Gasteiger partial charge in [0.15, 0.2) is 0 Å². The summed E-state index contributed by atoms with van der Waals surface area (Å²) in [5, 5.41) is 3.08. The number of carbonyl (C=O) groups excluding carboxylic acids is 1. The fraction of sp³-hybridized carbons (Fsp3) is 0.188. The van der Waals surface area contributed by atoms with Gasteiger partial charge in [-0.2, -0.15) is 0 Å². The summed E-state index contributed by atoms with van der Waals surface area (Å²) in [5.74, 6) is -0.431. The minimum atomic E-state index is -3.61. The quantitative estimate of drug-likeness (QED) is 0.899. The number of hydrogen-bond acceptors (Lipinski definition) is 3. The van der Waals surface area contributed by atoms with Gasteiger partial charge in [0.25, 0.3) is 0 Å². The Labute approximate surface area is 140 Å². The molecule has 0 aromatic heterocycles. The van der Waals surface area contributed by atoms with E-state index in [4.69, 9.17) is 11.6 Å². The third kappa shape index (κ3) is 4.97. The molecule has 0 spiro atoms. The largest absolute Gasteiger partial charge is 0.325 e. The first-order valence-electron chi connectivity index (χ1n) is 6.85. The number of carbonyl (C=O) groups is 1. The van der Waals surface area contributed by atoms with E-state index >= 15 is 0 Å². The summed E-state index contributed by atoms with van der Waals surface area (Å²) in [4.78, 5) is 12.2. The zero-order valence-corrected chi connectivity index (χ0v) is 14.4. The van der Waals surface area contributed by atoms with E-state index in [0.29, 0.717) is 16.4 Å². The average molecular weight is 353 g/mol. The maximum Gasteiger partial charge on any atom is 0.245 e. The number of aryl methyl sites for hydroxylation is 1. The second kappa shape index (κ2) is 7.02. The summed E-state index contributed by atoms with van der Waals surface area (Å²) in [6.07, 6.45) is 1.05. The van der Waals surface area contributed by atoms with E-state index in [1.54, 1.807) is 30.3 Å². The number of anilines is 2. The molecule has 0 atom stereocenters. The van der Waals surface area contributed by atoms with Crippen LogP contribution in [-0.4, -0.2) is 27.1 Å². The average Bonchev–Trinajstić information content (AvgIpc) is 2.46. The van der Waals surface area contributed by atoms with Crippen LogP contribution < -0.4 is 9.62 Å². The van der Waals surface area contributed by atoms with E-state index in [1.807, 2.05) is 19.1 Å². The van der Waals surface area contributed by atoms with Gasteiger partial charge in [-0.25, -0.2) is 8.42 Å². The number of amides is 1. The summed E-state index contributed by atoms with van der Waals surface area (Å²) in [6.45, 7) is 1.61. The van der Waals surface area contributed by atoms with Gasteiger partial charge in [-0.15, -0.1) is 0 Å². The molecular formula is C16H17ClN2O3S. The maximum atomic E-state index is 12.2. The van der Waals surface area contributed by atoms with E-state index in [1.165, 1.54) is 6.07 Å². The van der Waals surface area contributed by atoms with Crippen molar-refractivity contribution in [1.29, 1.82) is 0 Å². The van der Waals surface area contributed by atoms with Gasteiger partial charge in [-0.05, 0) is 37.3 Å². The lowest BCUT2D eigenvalue weighted by molar-refractivity contribution is -0.114. The highest BCUT2D eigenvalue weighted by molar-refractivity contribution is 7.92. The second-order valence-corrected chi connectivity index (χ2v) is 7.51. The van der Waals surface area contributed by atoms with E-state index in [2.05, 4.69) is 5.32 Å². The molecule has 2 aromatic carbocycles. The Kier molecular flexibility index (Phi) is 5.28. The molecule has 0 aliphatic rings. The number of halogens is 1. The van der Waals surface area contributed by atoms with Gasteiger partial charge in [-0.1, -0.05) is 35.4 Å². The lowest BCUT2D eigenvalue weighted by atomic mass is 10.2. The highest BCUT2D eigenvalue weighted by atomic mass is 35.5. The van der Waals surface area contributed by atoms with Crippen molar-refractivity contribution >= 4 is 38.9 Å². The number of benzene rings is 2. The van der Waals surface area contributed by atoms with Crippen LogP contribution in [0.25, 0.3) is 0 Å². The van der Waals surface area contributed by atoms with Crippen LogP contribution >= 0.6 is 11.6 Å². The zero-order valence-electron chi connectivity index (χ0n) is 12.8. The first kappa shape index (κ1) is 17.3. The molecule has 0 unspecified atom stereocenters. The molecule has 7 heteroatoms. The van der Waals surface area contributed by atoms with Crippen molar-refractivity contribution in [2.75, 3.05) is 22.4 Å². The molecule has 0 radical (unpaired) electrons. The number of rotatable bonds is 5. The first-order chi connectivity index (χ1) is 10.8. The monoisotopic (exact) mass is 352 g/mol. The van der Waals surface area contributed by atoms with Crippen molar-refractivity contribution in [3.8, 4) is 0 Å². The van der Waals surface area contributed by atoms with Gasteiger partial charge >= 0.3 is 0 Å². The molecule has 0 aliphatic heterocycles. The van der Waals surface area contributed by atoms with E-state index in [9.17, 15) is 13.2 Å². The highest BCUT2D eigenvalue weighted by Gasteiger charge is 2.21. The Hall–Kier alpha value is -2.05. The predicted octanol–water partition coefficient (Wildman–Crippen LogP) is 3.05. The lowest BCUT2D eigenvalue weighted by Gasteiger charge is -2.22. The minimum Gasteiger partial charge on any atom is -0.325 e. The van der Waals surface area contributed by atoms with Crippen LogP contribution in [0, 0.1) is 6.92 Å². The number of sulfonamides is 1. The molecule has 0 fully saturated rings. The van der Waals surface area contributed by atoms with Crippen LogP contribution in [0.3, 0.4) is 0 Å². The zero-order chi connectivity index (χ0) is 17.0. The normalized spacial score (nSPS) is 11.1. The molecule has 0 saturated heterocycles. The number of hydrogen-bond donors (Lipinski definition) is 1. The van der Waals surface area contributed by atoms with Crippen molar-refractivity contribution in [2.24, 2.45) is 0 Å². The molecule has 5 nitrogen and oxygen atoms in total. The summed E-state index contributed by atoms with van der Waals surface area (Å²) in [7, 11) is -3.61. The Bertz CT molecular complexity index is 804. The highest BCUT2D eigenvalue weighted by Crippen LogP contribution is 2.21. The van der Waals surface area contributed by atoms with Gasteiger partial charge in [0.05, 0.1) is 11.9 Å². The van der Waals surface area contributed by atoms with Crippen molar-refractivity contribution < 1.29 is 13.2 Å². The molecule has 0 aliphatic carbocycles. The molecule has 1 N–H and O–H groups in total. The Morgan fingerprint density at radius 1 is 1.17 bits per heavy atom. The minimum absolute atomic E-state index is 0.326. The third-order valence-electron chi connectivity index (χ3n) is 3.12. The van der Waals surface area contributed by atoms with Crippen LogP contribution in [0.1, 0.15) is 5.56 Å². The van der Waals surface area contributed by atoms with Crippen LogP contribution in [0.2, 0.25) is 5.02 Å². The SMILES string of the molecule is Cc1ccc(NC(=O)CN(c2cccc(Cl)c2)S(C)(=O)=O)cc1. The van der Waals surface area contributed by atoms with Crippen molar-refractivity contribution in [1.82, 2.24) is 0 Å². The van der Waals surface area contributed by atoms with Gasteiger partial charge < -0.3 is 5.32 Å². The maximum absolute atomic E-state index is 12.2. The second-order valence-electron chi connectivity index (χ2n) is 5.16. The molecule has 2 rings (SSSR count). The number of nitrogens with one attached hydrogen (secondary N) is 1. The summed E-state index contributed by atoms with van der Waals surface area (Å²) < 4.78 is 25.0. The lowest BCUT2D eigenvalue weighted by Crippen LogP contribution is -2.37. The smallest absolute Gasteiger partial charge is 0.245 e. The molecule has 2 aromatic rings. The van der Waals surface area contributed by atoms with Crippen molar-refractivity contribution in [2.45, 2.75) is 6.92 Å². The van der Waals surface area contributed by atoms with Crippen molar-refractivity contribution in [3.05, 3.63) is 59.1 Å². The number of nitrogens with zero attached hydrogens (tertiary/aromatic N) is 1. The molecule has 0 bridgehead atoms. The fourth-order valence-corrected chi connectivity index (χ4v) is 3.03. The Morgan fingerprint density at radius 2 is 1.83 bits per heavy atom. The summed E-state index contributed by atoms with van der Waals surface area (Å²) in [6, 6.07) is 13.6. The summed E-state index contributed by atoms with van der Waals surface area (Å²) >= 11 is 5.90. The topological polar surface area (TPSA) is 66.5 Å². The van der Waals surface area contributed by atoms with E-state index in [0.717, 1.165) is 16.1 Å². The Morgan fingerprint density at radius 3 is 2.39 bits per heavy atom. The predicted molar refractivity (Wildman–Crippen MR) is 93.5 cm³/mol. The molecule has 0 heterocycles. The van der Waals surface area contributed by atoms with Crippen LogP contribution in [-0.2, 0) is 14.8 Å². The van der Waals surface area contributed by atoms with E-state index < -0.39 is 15.9 Å². The third-order valence-corrected chi connectivity index (χ3v) is 4.49. The molecular weight excluding hydrogens is 336 g/mol. The molecule has 122 valence electrons. The molecule has 0 saturated carbocycles. The fourth-order valence-electron chi connectivity index (χ4n) is 2.00. The van der Waals surface area contributed by atoms with Gasteiger partial charge in [-0.3, -0.25) is 9.10 Å². The van der Waals surface area contributed by atoms with E-state index in [-0.39, 0.29) is 6.54 Å². The molecule has 23 heavy (non-hydrogen) atoms. The van der Waals surface area contributed by atoms with Gasteiger partial charge in [0.1, 0.15) is 6.54 Å². The van der Waals surface area contributed by atoms with Crippen LogP contribution in [0.4, 0.5) is 11.4 Å². The van der Waals surface area contributed by atoms with Crippen LogP contribution in [0.15, 0.2) is 48.5 Å². The van der Waals surface area contributed by atoms with Gasteiger partial charge in [0.2, 0.25) is 15.9 Å². The summed E-state index contributed by atoms with van der Waals surface area (Å²) in [5.41, 5.74) is 2.03. The van der Waals surface area contributed by atoms with Crippen LogP contribution in [0.5, 0.6) is 0 Å². The van der Waals surface area contributed by atoms with Gasteiger partial charge in [0, 0.05) is 10.7 Å². The standard InChI is InChI=1S/C16H17ClN2O3S/c1-12-6-8-14(9-7-12)18-16(20)11-19(23(2,21)22)15-5-3-4-13(17)10-15/h3-10H,11H2,1-2H3,(H,18,20).